The van der Waals surface area contributed by atoms with E-state index in [1.165, 1.54) is 5.56 Å². The number of nitrogens with two attached hydrogens (primary N) is 1. The number of methoxy groups -OCH3 is 1. The predicted octanol–water partition coefficient (Wildman–Crippen LogP) is 5.40. The molecule has 1 atom stereocenters. The third kappa shape index (κ3) is 4.56. The van der Waals surface area contributed by atoms with Gasteiger partial charge in [0.15, 0.2) is 0 Å². The fraction of sp³-hybridized carbons (Fsp3) is 0.208. The van der Waals surface area contributed by atoms with E-state index >= 15 is 0 Å². The van der Waals surface area contributed by atoms with Crippen LogP contribution < -0.4 is 10.5 Å². The van der Waals surface area contributed by atoms with Gasteiger partial charge in [0, 0.05) is 17.9 Å². The second-order valence-electron chi connectivity index (χ2n) is 6.58. The lowest BCUT2D eigenvalue weighted by atomic mass is 9.82. The van der Waals surface area contributed by atoms with E-state index < -0.39 is 0 Å². The van der Waals surface area contributed by atoms with E-state index in [-0.39, 0.29) is 11.8 Å². The molecule has 1 unspecified atom stereocenters. The molecule has 0 aliphatic heterocycles. The van der Waals surface area contributed by atoms with Crippen LogP contribution in [0.3, 0.4) is 0 Å². The summed E-state index contributed by atoms with van der Waals surface area (Å²) in [4.78, 5) is 0. The molecule has 27 heavy (non-hydrogen) atoms. The molecule has 3 N–H and O–H groups in total. The third-order valence-corrected chi connectivity index (χ3v) is 4.76. The van der Waals surface area contributed by atoms with Gasteiger partial charge in [-0.25, -0.2) is 0 Å². The summed E-state index contributed by atoms with van der Waals surface area (Å²) in [5.41, 5.74) is 10.1. The van der Waals surface area contributed by atoms with Crippen LogP contribution in [-0.4, -0.2) is 12.9 Å². The highest BCUT2D eigenvalue weighted by molar-refractivity contribution is 5.77. The van der Waals surface area contributed by atoms with Gasteiger partial charge in [-0.15, -0.1) is 0 Å². The number of amidine groups is 1. The number of benzene rings is 3. The molecule has 0 aliphatic carbocycles. The van der Waals surface area contributed by atoms with Crippen molar-refractivity contribution in [3.05, 3.63) is 90.0 Å². The molecule has 0 spiro atoms. The van der Waals surface area contributed by atoms with Crippen LogP contribution in [0.5, 0.6) is 5.75 Å². The number of hydrogen-bond acceptors (Lipinski definition) is 2. The Bertz CT molecular complexity index is 875. The fourth-order valence-electron chi connectivity index (χ4n) is 3.50. The first-order valence-corrected chi connectivity index (χ1v) is 9.22. The summed E-state index contributed by atoms with van der Waals surface area (Å²) in [6.45, 7) is 0. The summed E-state index contributed by atoms with van der Waals surface area (Å²) in [5, 5.41) is 7.54. The van der Waals surface area contributed by atoms with Gasteiger partial charge in [0.25, 0.3) is 0 Å². The van der Waals surface area contributed by atoms with Crippen molar-refractivity contribution in [2.75, 3.05) is 7.11 Å². The van der Waals surface area contributed by atoms with Gasteiger partial charge in [0.2, 0.25) is 0 Å². The Morgan fingerprint density at radius 3 is 2.33 bits per heavy atom. The zero-order chi connectivity index (χ0) is 19.1. The van der Waals surface area contributed by atoms with Crippen molar-refractivity contribution in [2.24, 2.45) is 5.73 Å². The molecule has 0 aliphatic rings. The van der Waals surface area contributed by atoms with Crippen molar-refractivity contribution in [3.63, 3.8) is 0 Å². The lowest BCUT2D eigenvalue weighted by Crippen LogP contribution is -2.11. The molecule has 3 aromatic carbocycles. The largest absolute Gasteiger partial charge is 0.496 e. The molecule has 1 radical (unpaired) electrons. The zero-order valence-corrected chi connectivity index (χ0v) is 15.6. The Kier molecular flexibility index (Phi) is 6.26. The van der Waals surface area contributed by atoms with Gasteiger partial charge in [-0.3, -0.25) is 5.41 Å². The SMILES string of the molecule is COc1cc[c]c(C(CCCC(=N)N)c2ccccc2)c1-c1ccccc1. The first-order valence-electron chi connectivity index (χ1n) is 9.22. The fourth-order valence-corrected chi connectivity index (χ4v) is 3.50. The van der Waals surface area contributed by atoms with Gasteiger partial charge in [-0.2, -0.15) is 0 Å². The van der Waals surface area contributed by atoms with Gasteiger partial charge < -0.3 is 10.5 Å². The zero-order valence-electron chi connectivity index (χ0n) is 15.6. The monoisotopic (exact) mass is 357 g/mol. The van der Waals surface area contributed by atoms with Crippen LogP contribution in [0.25, 0.3) is 11.1 Å². The molecule has 0 saturated carbocycles. The summed E-state index contributed by atoms with van der Waals surface area (Å²) < 4.78 is 5.70. The molecule has 0 aromatic heterocycles. The van der Waals surface area contributed by atoms with E-state index in [9.17, 15) is 0 Å². The predicted molar refractivity (Wildman–Crippen MR) is 111 cm³/mol. The molecule has 137 valence electrons. The maximum Gasteiger partial charge on any atom is 0.127 e. The average Bonchev–Trinajstić information content (AvgIpc) is 2.72. The van der Waals surface area contributed by atoms with Crippen molar-refractivity contribution in [3.8, 4) is 16.9 Å². The highest BCUT2D eigenvalue weighted by Crippen LogP contribution is 2.41. The van der Waals surface area contributed by atoms with Crippen LogP contribution in [0, 0.1) is 11.5 Å². The van der Waals surface area contributed by atoms with Crippen LogP contribution in [0.4, 0.5) is 0 Å². The van der Waals surface area contributed by atoms with Gasteiger partial charge in [-0.1, -0.05) is 66.7 Å². The molecule has 3 aromatic rings. The quantitative estimate of drug-likeness (QED) is 0.419. The average molecular weight is 357 g/mol. The molecule has 3 rings (SSSR count). The maximum atomic E-state index is 7.54. The van der Waals surface area contributed by atoms with Crippen LogP contribution in [-0.2, 0) is 0 Å². The van der Waals surface area contributed by atoms with Gasteiger partial charge in [0.1, 0.15) is 5.75 Å². The summed E-state index contributed by atoms with van der Waals surface area (Å²) in [7, 11) is 1.71. The number of nitrogens with one attached hydrogen (secondary N) is 1. The molecule has 3 nitrogen and oxygen atoms in total. The third-order valence-electron chi connectivity index (χ3n) is 4.76. The molecule has 0 fully saturated rings. The standard InChI is InChI=1S/C24H25N2O/c1-27-22-16-8-15-21(24(22)19-12-6-3-7-13-19)20(14-9-17-23(25)26)18-10-4-2-5-11-18/h2-8,10-13,16,20H,9,14,17H2,1H3,(H3,25,26). The minimum atomic E-state index is 0.163. The molecular weight excluding hydrogens is 332 g/mol. The Labute approximate surface area is 161 Å². The van der Waals surface area contributed by atoms with Crippen molar-refractivity contribution in [2.45, 2.75) is 25.2 Å². The minimum Gasteiger partial charge on any atom is -0.496 e. The lowest BCUT2D eigenvalue weighted by molar-refractivity contribution is 0.415. The first kappa shape index (κ1) is 18.7. The molecule has 0 saturated heterocycles. The highest BCUT2D eigenvalue weighted by atomic mass is 16.5. The highest BCUT2D eigenvalue weighted by Gasteiger charge is 2.21. The topological polar surface area (TPSA) is 59.1 Å². The van der Waals surface area contributed by atoms with Crippen molar-refractivity contribution in [1.82, 2.24) is 0 Å². The normalized spacial score (nSPS) is 11.7. The number of rotatable bonds is 8. The van der Waals surface area contributed by atoms with Crippen LogP contribution in [0.2, 0.25) is 0 Å². The summed E-state index contributed by atoms with van der Waals surface area (Å²) >= 11 is 0. The van der Waals surface area contributed by atoms with Crippen LogP contribution in [0.15, 0.2) is 72.8 Å². The number of ether oxygens (including phenoxy) is 1. The number of hydrogen-bond donors (Lipinski definition) is 2. The summed E-state index contributed by atoms with van der Waals surface area (Å²) in [6.07, 6.45) is 2.36. The van der Waals surface area contributed by atoms with Gasteiger partial charge >= 0.3 is 0 Å². The van der Waals surface area contributed by atoms with Crippen LogP contribution >= 0.6 is 0 Å². The molecular formula is C24H25N2O. The Morgan fingerprint density at radius 1 is 1.04 bits per heavy atom. The van der Waals surface area contributed by atoms with E-state index in [0.29, 0.717) is 6.42 Å². The van der Waals surface area contributed by atoms with Gasteiger partial charge in [0.05, 0.1) is 12.9 Å². The molecule has 0 heterocycles. The van der Waals surface area contributed by atoms with Crippen molar-refractivity contribution < 1.29 is 4.74 Å². The van der Waals surface area contributed by atoms with E-state index in [4.69, 9.17) is 15.9 Å². The lowest BCUT2D eigenvalue weighted by Gasteiger charge is -2.23. The first-order chi connectivity index (χ1) is 13.2. The van der Waals surface area contributed by atoms with E-state index in [1.54, 1.807) is 7.11 Å². The summed E-state index contributed by atoms with van der Waals surface area (Å²) in [5.74, 6) is 1.25. The Balaban J connectivity index is 2.10. The van der Waals surface area contributed by atoms with E-state index in [1.807, 2.05) is 36.4 Å². The maximum absolute atomic E-state index is 7.54. The molecule has 0 amide bonds. The van der Waals surface area contributed by atoms with E-state index in [0.717, 1.165) is 35.3 Å². The van der Waals surface area contributed by atoms with E-state index in [2.05, 4.69) is 42.5 Å². The molecule has 3 heteroatoms. The Morgan fingerprint density at radius 2 is 1.70 bits per heavy atom. The molecule has 0 bridgehead atoms. The van der Waals surface area contributed by atoms with Crippen molar-refractivity contribution in [1.29, 1.82) is 5.41 Å². The second-order valence-corrected chi connectivity index (χ2v) is 6.58. The second kappa shape index (κ2) is 9.04. The van der Waals surface area contributed by atoms with Crippen LogP contribution in [0.1, 0.15) is 36.3 Å². The smallest absolute Gasteiger partial charge is 0.127 e. The minimum absolute atomic E-state index is 0.163. The van der Waals surface area contributed by atoms with Crippen molar-refractivity contribution >= 4 is 5.84 Å². The van der Waals surface area contributed by atoms with Gasteiger partial charge in [-0.05, 0) is 41.7 Å². The Hall–Kier alpha value is -3.07. The summed E-state index contributed by atoms with van der Waals surface area (Å²) in [6, 6.07) is 28.2.